The van der Waals surface area contributed by atoms with E-state index in [2.05, 4.69) is 20.0 Å². The largest absolute Gasteiger partial charge is 0.324 e. The molecule has 0 saturated heterocycles. The summed E-state index contributed by atoms with van der Waals surface area (Å²) in [5.74, 6) is 0.458. The average molecular weight is 346 g/mol. The highest BCUT2D eigenvalue weighted by Crippen LogP contribution is 2.24. The minimum Gasteiger partial charge on any atom is -0.324 e. The van der Waals surface area contributed by atoms with Gasteiger partial charge >= 0.3 is 0 Å². The molecule has 6 nitrogen and oxygen atoms in total. The molecular formula is C15H14N4O2S2. The highest BCUT2D eigenvalue weighted by atomic mass is 32.2. The number of hydrogen-bond acceptors (Lipinski definition) is 6. The Morgan fingerprint density at radius 1 is 1.09 bits per heavy atom. The second-order valence-corrected chi connectivity index (χ2v) is 7.43. The van der Waals surface area contributed by atoms with Gasteiger partial charge in [0.1, 0.15) is 0 Å². The summed E-state index contributed by atoms with van der Waals surface area (Å²) in [6.07, 6.45) is 1.68. The average Bonchev–Trinajstić information content (AvgIpc) is 3.10. The van der Waals surface area contributed by atoms with E-state index >= 15 is 0 Å². The lowest BCUT2D eigenvalue weighted by Crippen LogP contribution is -2.18. The zero-order valence-corrected chi connectivity index (χ0v) is 13.9. The van der Waals surface area contributed by atoms with E-state index in [4.69, 9.17) is 0 Å². The number of benzene rings is 1. The number of thiophene rings is 1. The normalized spacial score (nSPS) is 11.3. The Morgan fingerprint density at radius 3 is 2.52 bits per heavy atom. The maximum Gasteiger partial charge on any atom is 0.240 e. The van der Waals surface area contributed by atoms with E-state index in [1.807, 2.05) is 23.6 Å². The first kappa shape index (κ1) is 15.6. The summed E-state index contributed by atoms with van der Waals surface area (Å²) >= 11 is 1.61. The monoisotopic (exact) mass is 346 g/mol. The van der Waals surface area contributed by atoms with E-state index in [9.17, 15) is 8.42 Å². The van der Waals surface area contributed by atoms with Crippen LogP contribution >= 0.6 is 11.3 Å². The molecule has 8 heteroatoms. The highest BCUT2D eigenvalue weighted by molar-refractivity contribution is 7.89. The predicted octanol–water partition coefficient (Wildman–Crippen LogP) is 2.86. The van der Waals surface area contributed by atoms with Gasteiger partial charge in [-0.05, 0) is 48.8 Å². The van der Waals surface area contributed by atoms with Crippen LogP contribution in [-0.2, 0) is 10.0 Å². The maximum absolute atomic E-state index is 11.7. The van der Waals surface area contributed by atoms with Gasteiger partial charge in [-0.25, -0.2) is 23.1 Å². The van der Waals surface area contributed by atoms with Crippen molar-refractivity contribution in [2.75, 3.05) is 12.4 Å². The molecule has 0 bridgehead atoms. The van der Waals surface area contributed by atoms with Gasteiger partial charge in [-0.2, -0.15) is 0 Å². The van der Waals surface area contributed by atoms with Crippen LogP contribution in [0.5, 0.6) is 0 Å². The van der Waals surface area contributed by atoms with Gasteiger partial charge in [0.25, 0.3) is 0 Å². The summed E-state index contributed by atoms with van der Waals surface area (Å²) in [7, 11) is -2.05. The molecule has 0 spiro atoms. The van der Waals surface area contributed by atoms with Gasteiger partial charge in [0.15, 0.2) is 0 Å². The van der Waals surface area contributed by atoms with Crippen LogP contribution in [0.4, 0.5) is 11.6 Å². The lowest BCUT2D eigenvalue weighted by Gasteiger charge is -2.07. The van der Waals surface area contributed by atoms with Crippen LogP contribution in [0.15, 0.2) is 58.9 Å². The number of anilines is 2. The molecule has 0 aliphatic heterocycles. The Hall–Kier alpha value is -2.29. The summed E-state index contributed by atoms with van der Waals surface area (Å²) in [6.45, 7) is 0. The van der Waals surface area contributed by atoms with Gasteiger partial charge in [0.05, 0.1) is 15.5 Å². The van der Waals surface area contributed by atoms with Crippen LogP contribution in [0.2, 0.25) is 0 Å². The van der Waals surface area contributed by atoms with Crippen LogP contribution in [-0.4, -0.2) is 25.4 Å². The van der Waals surface area contributed by atoms with Gasteiger partial charge < -0.3 is 5.32 Å². The van der Waals surface area contributed by atoms with Gasteiger partial charge in [-0.15, -0.1) is 11.3 Å². The van der Waals surface area contributed by atoms with Crippen LogP contribution in [0, 0.1) is 0 Å². The fourth-order valence-corrected chi connectivity index (χ4v) is 3.37. The minimum absolute atomic E-state index is 0.207. The van der Waals surface area contributed by atoms with Gasteiger partial charge in [0.2, 0.25) is 16.0 Å². The predicted molar refractivity (Wildman–Crippen MR) is 91.3 cm³/mol. The fourth-order valence-electron chi connectivity index (χ4n) is 1.94. The topological polar surface area (TPSA) is 84.0 Å². The van der Waals surface area contributed by atoms with Crippen molar-refractivity contribution in [2.45, 2.75) is 4.90 Å². The third-order valence-electron chi connectivity index (χ3n) is 3.12. The molecule has 23 heavy (non-hydrogen) atoms. The first-order valence-corrected chi connectivity index (χ1v) is 9.12. The van der Waals surface area contributed by atoms with Crippen molar-refractivity contribution in [3.8, 4) is 10.6 Å². The molecule has 0 fully saturated rings. The Morgan fingerprint density at radius 2 is 1.87 bits per heavy atom. The molecule has 1 aromatic carbocycles. The number of aromatic nitrogens is 2. The van der Waals surface area contributed by atoms with Crippen LogP contribution in [0.25, 0.3) is 10.6 Å². The van der Waals surface area contributed by atoms with Crippen molar-refractivity contribution < 1.29 is 8.42 Å². The zero-order chi connectivity index (χ0) is 16.3. The SMILES string of the molecule is CNS(=O)(=O)c1ccc(Nc2nccc(-c3cccs3)n2)cc1. The van der Waals surface area contributed by atoms with E-state index < -0.39 is 10.0 Å². The van der Waals surface area contributed by atoms with Crippen molar-refractivity contribution >= 4 is 33.0 Å². The molecule has 2 aromatic heterocycles. The lowest BCUT2D eigenvalue weighted by atomic mass is 10.3. The number of rotatable bonds is 5. The van der Waals surface area contributed by atoms with Crippen molar-refractivity contribution in [2.24, 2.45) is 0 Å². The fraction of sp³-hybridized carbons (Fsp3) is 0.0667. The van der Waals surface area contributed by atoms with Crippen LogP contribution < -0.4 is 10.0 Å². The van der Waals surface area contributed by atoms with Crippen molar-refractivity contribution in [1.29, 1.82) is 0 Å². The Kier molecular flexibility index (Phi) is 4.37. The number of nitrogens with one attached hydrogen (secondary N) is 2. The van der Waals surface area contributed by atoms with Crippen molar-refractivity contribution in [1.82, 2.24) is 14.7 Å². The molecule has 0 unspecified atom stereocenters. The maximum atomic E-state index is 11.7. The standard InChI is InChI=1S/C15H14N4O2S2/c1-16-23(20,21)12-6-4-11(5-7-12)18-15-17-9-8-13(19-15)14-3-2-10-22-14/h2-10,16H,1H3,(H,17,18,19). The van der Waals surface area contributed by atoms with E-state index in [0.29, 0.717) is 11.6 Å². The zero-order valence-electron chi connectivity index (χ0n) is 12.2. The van der Waals surface area contributed by atoms with E-state index in [-0.39, 0.29) is 4.90 Å². The lowest BCUT2D eigenvalue weighted by molar-refractivity contribution is 0.588. The highest BCUT2D eigenvalue weighted by Gasteiger charge is 2.10. The molecule has 0 aliphatic rings. The van der Waals surface area contributed by atoms with Gasteiger partial charge in [0, 0.05) is 11.9 Å². The Bertz CT molecular complexity index is 891. The number of sulfonamides is 1. The third-order valence-corrected chi connectivity index (χ3v) is 5.44. The van der Waals surface area contributed by atoms with Gasteiger partial charge in [-0.3, -0.25) is 0 Å². The quantitative estimate of drug-likeness (QED) is 0.742. The minimum atomic E-state index is -3.43. The second kappa shape index (κ2) is 6.45. The summed E-state index contributed by atoms with van der Waals surface area (Å²) < 4.78 is 25.7. The molecular weight excluding hydrogens is 332 g/mol. The Balaban J connectivity index is 1.81. The number of nitrogens with zero attached hydrogens (tertiary/aromatic N) is 2. The van der Waals surface area contributed by atoms with Crippen molar-refractivity contribution in [3.63, 3.8) is 0 Å². The first-order chi connectivity index (χ1) is 11.1. The molecule has 0 aliphatic carbocycles. The van der Waals surface area contributed by atoms with Gasteiger partial charge in [-0.1, -0.05) is 6.07 Å². The second-order valence-electron chi connectivity index (χ2n) is 4.60. The molecule has 3 aromatic rings. The molecule has 0 radical (unpaired) electrons. The molecule has 118 valence electrons. The van der Waals surface area contributed by atoms with E-state index in [1.54, 1.807) is 29.7 Å². The third kappa shape index (κ3) is 3.55. The molecule has 2 N–H and O–H groups in total. The molecule has 2 heterocycles. The first-order valence-electron chi connectivity index (χ1n) is 6.76. The Labute approximate surface area is 138 Å². The molecule has 0 saturated carbocycles. The molecule has 0 amide bonds. The molecule has 0 atom stereocenters. The summed E-state index contributed by atoms with van der Waals surface area (Å²) in [4.78, 5) is 9.91. The smallest absolute Gasteiger partial charge is 0.240 e. The van der Waals surface area contributed by atoms with Crippen LogP contribution in [0.3, 0.4) is 0 Å². The van der Waals surface area contributed by atoms with E-state index in [0.717, 1.165) is 10.6 Å². The summed E-state index contributed by atoms with van der Waals surface area (Å²) in [5.41, 5.74) is 1.55. The summed E-state index contributed by atoms with van der Waals surface area (Å²) in [6, 6.07) is 12.2. The number of hydrogen-bond donors (Lipinski definition) is 2. The van der Waals surface area contributed by atoms with E-state index in [1.165, 1.54) is 19.2 Å². The summed E-state index contributed by atoms with van der Waals surface area (Å²) in [5, 5.41) is 5.06. The molecule has 3 rings (SSSR count). The van der Waals surface area contributed by atoms with Crippen LogP contribution in [0.1, 0.15) is 0 Å². The van der Waals surface area contributed by atoms with Crippen molar-refractivity contribution in [3.05, 3.63) is 54.0 Å².